The van der Waals surface area contributed by atoms with Crippen LogP contribution >= 0.6 is 11.6 Å². The Balaban J connectivity index is 1.51. The average Bonchev–Trinajstić information content (AvgIpc) is 3.14. The normalized spacial score (nSPS) is 11.0. The van der Waals surface area contributed by atoms with Gasteiger partial charge in [0.1, 0.15) is 0 Å². The molecule has 4 aromatic rings. The van der Waals surface area contributed by atoms with Crippen LogP contribution in [0.4, 0.5) is 0 Å². The molecule has 2 aromatic heterocycles. The SMILES string of the molecule is Cc1nc2nc(CC(=O)NCc3ccccc3)nn2c(C)c1Cc1ccc(Cl)cc1. The van der Waals surface area contributed by atoms with Crippen molar-refractivity contribution in [3.63, 3.8) is 0 Å². The number of nitrogens with zero attached hydrogens (tertiary/aromatic N) is 4. The van der Waals surface area contributed by atoms with Crippen molar-refractivity contribution in [3.05, 3.63) is 93.5 Å². The van der Waals surface area contributed by atoms with Crippen LogP contribution in [0.2, 0.25) is 5.02 Å². The molecule has 1 amide bonds. The van der Waals surface area contributed by atoms with Crippen molar-refractivity contribution in [1.82, 2.24) is 24.9 Å². The summed E-state index contributed by atoms with van der Waals surface area (Å²) in [6.07, 6.45) is 0.839. The van der Waals surface area contributed by atoms with Gasteiger partial charge in [-0.2, -0.15) is 4.98 Å². The highest BCUT2D eigenvalue weighted by atomic mass is 35.5. The summed E-state index contributed by atoms with van der Waals surface area (Å²) < 4.78 is 1.72. The summed E-state index contributed by atoms with van der Waals surface area (Å²) in [4.78, 5) is 21.4. The predicted molar refractivity (Wildman–Crippen MR) is 117 cm³/mol. The molecular weight excluding hydrogens is 398 g/mol. The first kappa shape index (κ1) is 20.0. The average molecular weight is 420 g/mol. The Morgan fingerprint density at radius 2 is 1.73 bits per heavy atom. The van der Waals surface area contributed by atoms with E-state index in [1.165, 1.54) is 0 Å². The summed E-state index contributed by atoms with van der Waals surface area (Å²) in [7, 11) is 0. The minimum absolute atomic E-state index is 0.112. The van der Waals surface area contributed by atoms with Gasteiger partial charge in [0.2, 0.25) is 5.91 Å². The Labute approximate surface area is 179 Å². The molecule has 0 bridgehead atoms. The second-order valence-corrected chi connectivity index (χ2v) is 7.68. The Morgan fingerprint density at radius 3 is 2.47 bits per heavy atom. The lowest BCUT2D eigenvalue weighted by Crippen LogP contribution is -2.25. The van der Waals surface area contributed by atoms with Gasteiger partial charge in [-0.05, 0) is 42.7 Å². The lowest BCUT2D eigenvalue weighted by molar-refractivity contribution is -0.120. The molecular formula is C23H22ClN5O. The second-order valence-electron chi connectivity index (χ2n) is 7.24. The van der Waals surface area contributed by atoms with Gasteiger partial charge in [0, 0.05) is 29.4 Å². The molecule has 0 fully saturated rings. The van der Waals surface area contributed by atoms with E-state index >= 15 is 0 Å². The highest BCUT2D eigenvalue weighted by molar-refractivity contribution is 6.30. The van der Waals surface area contributed by atoms with Crippen LogP contribution in [0, 0.1) is 13.8 Å². The highest BCUT2D eigenvalue weighted by Crippen LogP contribution is 2.19. The second kappa shape index (κ2) is 8.63. The van der Waals surface area contributed by atoms with Crippen molar-refractivity contribution in [3.8, 4) is 0 Å². The molecule has 30 heavy (non-hydrogen) atoms. The number of nitrogens with one attached hydrogen (secondary N) is 1. The number of rotatable bonds is 6. The van der Waals surface area contributed by atoms with Crippen molar-refractivity contribution in [2.24, 2.45) is 0 Å². The quantitative estimate of drug-likeness (QED) is 0.515. The monoisotopic (exact) mass is 419 g/mol. The van der Waals surface area contributed by atoms with Gasteiger partial charge in [0.15, 0.2) is 5.82 Å². The maximum atomic E-state index is 12.3. The summed E-state index contributed by atoms with van der Waals surface area (Å²) in [5.41, 5.74) is 5.16. The molecule has 1 N–H and O–H groups in total. The Morgan fingerprint density at radius 1 is 1.00 bits per heavy atom. The van der Waals surface area contributed by atoms with E-state index in [1.807, 2.05) is 68.4 Å². The first-order valence-corrected chi connectivity index (χ1v) is 10.1. The van der Waals surface area contributed by atoms with Crippen molar-refractivity contribution < 1.29 is 4.79 Å². The van der Waals surface area contributed by atoms with E-state index in [9.17, 15) is 4.79 Å². The fourth-order valence-corrected chi connectivity index (χ4v) is 3.52. The Hall–Kier alpha value is -3.25. The number of hydrogen-bond donors (Lipinski definition) is 1. The van der Waals surface area contributed by atoms with Gasteiger partial charge in [0.25, 0.3) is 5.78 Å². The van der Waals surface area contributed by atoms with Gasteiger partial charge < -0.3 is 5.32 Å². The zero-order valence-electron chi connectivity index (χ0n) is 16.9. The van der Waals surface area contributed by atoms with Crippen LogP contribution in [-0.4, -0.2) is 25.5 Å². The topological polar surface area (TPSA) is 72.2 Å². The molecule has 2 aromatic carbocycles. The summed E-state index contributed by atoms with van der Waals surface area (Å²) >= 11 is 5.99. The van der Waals surface area contributed by atoms with Crippen LogP contribution in [0.1, 0.15) is 33.9 Å². The Kier molecular flexibility index (Phi) is 5.77. The van der Waals surface area contributed by atoms with Crippen molar-refractivity contribution >= 4 is 23.3 Å². The highest BCUT2D eigenvalue weighted by Gasteiger charge is 2.15. The maximum absolute atomic E-state index is 12.3. The zero-order chi connectivity index (χ0) is 21.1. The molecule has 0 unspecified atom stereocenters. The summed E-state index contributed by atoms with van der Waals surface area (Å²) in [5.74, 6) is 0.848. The van der Waals surface area contributed by atoms with Gasteiger partial charge in [-0.1, -0.05) is 54.1 Å². The molecule has 0 radical (unpaired) electrons. The molecule has 0 saturated heterocycles. The third-order valence-corrected chi connectivity index (χ3v) is 5.29. The standard InChI is InChI=1S/C23H22ClN5O/c1-15-20(12-17-8-10-19(24)11-9-17)16(2)29-23(26-15)27-21(28-29)13-22(30)25-14-18-6-4-3-5-7-18/h3-11H,12-14H2,1-2H3,(H,25,30). The van der Waals surface area contributed by atoms with Gasteiger partial charge in [-0.25, -0.2) is 9.50 Å². The maximum Gasteiger partial charge on any atom is 0.252 e. The van der Waals surface area contributed by atoms with E-state index in [2.05, 4.69) is 20.4 Å². The molecule has 0 atom stereocenters. The van der Waals surface area contributed by atoms with Crippen LogP contribution in [0.15, 0.2) is 54.6 Å². The fraction of sp³-hybridized carbons (Fsp3) is 0.217. The minimum atomic E-state index is -0.120. The molecule has 0 spiro atoms. The van der Waals surface area contributed by atoms with Crippen LogP contribution in [0.3, 0.4) is 0 Å². The molecule has 4 rings (SSSR count). The number of aromatic nitrogens is 4. The summed E-state index contributed by atoms with van der Waals surface area (Å²) in [6, 6.07) is 17.6. The molecule has 0 aliphatic heterocycles. The first-order chi connectivity index (χ1) is 14.5. The summed E-state index contributed by atoms with van der Waals surface area (Å²) in [6.45, 7) is 4.45. The van der Waals surface area contributed by atoms with E-state index in [0.29, 0.717) is 23.2 Å². The number of carbonyl (C=O) groups is 1. The summed E-state index contributed by atoms with van der Waals surface area (Å²) in [5, 5.41) is 8.15. The van der Waals surface area contributed by atoms with Gasteiger partial charge in [-0.15, -0.1) is 5.10 Å². The van der Waals surface area contributed by atoms with Crippen LogP contribution in [0.25, 0.3) is 5.78 Å². The van der Waals surface area contributed by atoms with E-state index in [-0.39, 0.29) is 12.3 Å². The van der Waals surface area contributed by atoms with Crippen molar-refractivity contribution in [1.29, 1.82) is 0 Å². The molecule has 6 nitrogen and oxygen atoms in total. The molecule has 152 valence electrons. The smallest absolute Gasteiger partial charge is 0.252 e. The minimum Gasteiger partial charge on any atom is -0.352 e. The molecule has 0 saturated carbocycles. The zero-order valence-corrected chi connectivity index (χ0v) is 17.6. The molecule has 2 heterocycles. The van der Waals surface area contributed by atoms with Gasteiger partial charge in [-0.3, -0.25) is 4.79 Å². The first-order valence-electron chi connectivity index (χ1n) is 9.76. The Bertz CT molecular complexity index is 1190. The van der Waals surface area contributed by atoms with E-state index in [4.69, 9.17) is 11.6 Å². The van der Waals surface area contributed by atoms with E-state index in [0.717, 1.165) is 34.5 Å². The van der Waals surface area contributed by atoms with Gasteiger partial charge in [0.05, 0.1) is 6.42 Å². The third-order valence-electron chi connectivity index (χ3n) is 5.04. The largest absolute Gasteiger partial charge is 0.352 e. The number of halogens is 1. The van der Waals surface area contributed by atoms with Crippen molar-refractivity contribution in [2.75, 3.05) is 0 Å². The van der Waals surface area contributed by atoms with E-state index < -0.39 is 0 Å². The van der Waals surface area contributed by atoms with Crippen LogP contribution in [-0.2, 0) is 24.2 Å². The van der Waals surface area contributed by atoms with Crippen molar-refractivity contribution in [2.45, 2.75) is 33.2 Å². The molecule has 7 heteroatoms. The fourth-order valence-electron chi connectivity index (χ4n) is 3.39. The number of fused-ring (bicyclic) bond motifs is 1. The number of hydrogen-bond acceptors (Lipinski definition) is 4. The molecule has 0 aliphatic rings. The number of aryl methyl sites for hydroxylation is 2. The van der Waals surface area contributed by atoms with E-state index in [1.54, 1.807) is 4.52 Å². The number of carbonyl (C=O) groups excluding carboxylic acids is 1. The van der Waals surface area contributed by atoms with Crippen LogP contribution < -0.4 is 5.32 Å². The lowest BCUT2D eigenvalue weighted by Gasteiger charge is -2.10. The molecule has 0 aliphatic carbocycles. The predicted octanol–water partition coefficient (Wildman–Crippen LogP) is 3.84. The number of benzene rings is 2. The number of amides is 1. The third kappa shape index (κ3) is 4.49. The van der Waals surface area contributed by atoms with Crippen LogP contribution in [0.5, 0.6) is 0 Å². The lowest BCUT2D eigenvalue weighted by atomic mass is 10.0. The van der Waals surface area contributed by atoms with Gasteiger partial charge >= 0.3 is 0 Å².